The molecule has 0 N–H and O–H groups in total. The molecule has 0 aromatic carbocycles. The lowest BCUT2D eigenvalue weighted by Gasteiger charge is -2.41. The minimum atomic E-state index is 0.241. The zero-order valence-corrected chi connectivity index (χ0v) is 15.0. The van der Waals surface area contributed by atoms with Gasteiger partial charge in [-0.1, -0.05) is 20.3 Å². The molecule has 0 unspecified atom stereocenters. The Morgan fingerprint density at radius 1 is 1.00 bits per heavy atom. The summed E-state index contributed by atoms with van der Waals surface area (Å²) < 4.78 is 5.88. The van der Waals surface area contributed by atoms with E-state index in [0.717, 1.165) is 37.3 Å². The van der Waals surface area contributed by atoms with Crippen molar-refractivity contribution in [2.45, 2.75) is 71.4 Å². The van der Waals surface area contributed by atoms with Crippen molar-refractivity contribution >= 4 is 0 Å². The summed E-state index contributed by atoms with van der Waals surface area (Å²) in [6.07, 6.45) is 7.61. The van der Waals surface area contributed by atoms with Gasteiger partial charge < -0.3 is 9.32 Å². The number of likely N-dealkylation sites (tertiary alicyclic amines) is 2. The van der Waals surface area contributed by atoms with Crippen molar-refractivity contribution in [2.24, 2.45) is 5.92 Å². The Morgan fingerprint density at radius 3 is 2.35 bits per heavy atom. The minimum absolute atomic E-state index is 0.241. The first-order chi connectivity index (χ1) is 11.1. The van der Waals surface area contributed by atoms with Gasteiger partial charge >= 0.3 is 0 Å². The molecule has 0 aliphatic carbocycles. The zero-order chi connectivity index (χ0) is 16.2. The molecular weight excluding hydrogens is 288 g/mol. The number of aromatic nitrogens is 2. The van der Waals surface area contributed by atoms with Crippen LogP contribution in [0.3, 0.4) is 0 Å². The minimum Gasteiger partial charge on any atom is -0.424 e. The second-order valence-corrected chi connectivity index (χ2v) is 7.67. The smallest absolute Gasteiger partial charge is 0.233 e. The van der Waals surface area contributed by atoms with Crippen molar-refractivity contribution in [3.63, 3.8) is 0 Å². The molecule has 130 valence electrons. The van der Waals surface area contributed by atoms with Gasteiger partial charge in [0.1, 0.15) is 0 Å². The fraction of sp³-hybridized carbons (Fsp3) is 0.889. The maximum absolute atomic E-state index is 5.88. The van der Waals surface area contributed by atoms with Gasteiger partial charge in [0.15, 0.2) is 0 Å². The molecule has 0 bridgehead atoms. The van der Waals surface area contributed by atoms with Gasteiger partial charge in [-0.25, -0.2) is 0 Å². The predicted molar refractivity (Wildman–Crippen MR) is 91.3 cm³/mol. The Morgan fingerprint density at radius 2 is 1.70 bits per heavy atom. The second-order valence-electron chi connectivity index (χ2n) is 7.67. The summed E-state index contributed by atoms with van der Waals surface area (Å²) in [4.78, 5) is 5.23. The quantitative estimate of drug-likeness (QED) is 0.833. The van der Waals surface area contributed by atoms with Crippen LogP contribution >= 0.6 is 0 Å². The summed E-state index contributed by atoms with van der Waals surface area (Å²) in [5.74, 6) is 2.13. The van der Waals surface area contributed by atoms with E-state index in [2.05, 4.69) is 40.8 Å². The Labute approximate surface area is 140 Å². The topological polar surface area (TPSA) is 45.4 Å². The first-order valence-electron chi connectivity index (χ1n) is 9.44. The normalized spacial score (nSPS) is 23.5. The molecule has 2 fully saturated rings. The van der Waals surface area contributed by atoms with Crippen molar-refractivity contribution in [3.8, 4) is 0 Å². The van der Waals surface area contributed by atoms with E-state index in [-0.39, 0.29) is 6.04 Å². The standard InChI is InChI=1S/C18H32N4O/c1-14(2)13-17-19-20-18(23-17)15(3)21-11-7-16(8-12-21)22-9-5-4-6-10-22/h14-16H,4-13H2,1-3H3/t15-/m0/s1. The van der Waals surface area contributed by atoms with Crippen LogP contribution in [0.4, 0.5) is 0 Å². The largest absolute Gasteiger partial charge is 0.424 e. The lowest BCUT2D eigenvalue weighted by molar-refractivity contribution is 0.0690. The highest BCUT2D eigenvalue weighted by Gasteiger charge is 2.29. The molecule has 0 spiro atoms. The lowest BCUT2D eigenvalue weighted by Crippen LogP contribution is -2.47. The number of hydrogen-bond acceptors (Lipinski definition) is 5. The fourth-order valence-electron chi connectivity index (χ4n) is 3.95. The lowest BCUT2D eigenvalue weighted by atomic mass is 9.99. The molecule has 3 heterocycles. The molecular formula is C18H32N4O. The van der Waals surface area contributed by atoms with Crippen LogP contribution in [0.15, 0.2) is 4.42 Å². The van der Waals surface area contributed by atoms with Crippen LogP contribution in [0.5, 0.6) is 0 Å². The van der Waals surface area contributed by atoms with Crippen LogP contribution in [-0.2, 0) is 6.42 Å². The molecule has 1 atom stereocenters. The average molecular weight is 320 g/mol. The summed E-state index contributed by atoms with van der Waals surface area (Å²) in [5, 5.41) is 8.49. The van der Waals surface area contributed by atoms with E-state index in [1.165, 1.54) is 45.2 Å². The second kappa shape index (κ2) is 7.75. The van der Waals surface area contributed by atoms with Gasteiger partial charge in [-0.05, 0) is 51.6 Å². The first kappa shape index (κ1) is 16.9. The van der Waals surface area contributed by atoms with Gasteiger partial charge in [0, 0.05) is 25.6 Å². The van der Waals surface area contributed by atoms with Crippen molar-refractivity contribution in [2.75, 3.05) is 26.2 Å². The van der Waals surface area contributed by atoms with Crippen LogP contribution in [0.1, 0.15) is 70.7 Å². The molecule has 2 aliphatic rings. The average Bonchev–Trinajstić information content (AvgIpc) is 3.03. The molecule has 1 aromatic rings. The van der Waals surface area contributed by atoms with Crippen LogP contribution in [-0.4, -0.2) is 52.2 Å². The van der Waals surface area contributed by atoms with Crippen molar-refractivity contribution in [3.05, 3.63) is 11.8 Å². The van der Waals surface area contributed by atoms with E-state index < -0.39 is 0 Å². The molecule has 1 aromatic heterocycles. The van der Waals surface area contributed by atoms with Crippen molar-refractivity contribution < 1.29 is 4.42 Å². The molecule has 2 aliphatic heterocycles. The molecule has 0 radical (unpaired) electrons. The van der Waals surface area contributed by atoms with E-state index >= 15 is 0 Å². The highest BCUT2D eigenvalue weighted by molar-refractivity contribution is 4.92. The molecule has 0 saturated carbocycles. The van der Waals surface area contributed by atoms with E-state index in [1.54, 1.807) is 0 Å². The van der Waals surface area contributed by atoms with E-state index in [4.69, 9.17) is 4.42 Å². The third kappa shape index (κ3) is 4.32. The zero-order valence-electron chi connectivity index (χ0n) is 15.0. The summed E-state index contributed by atoms with van der Waals surface area (Å²) in [6, 6.07) is 1.03. The Hall–Kier alpha value is -0.940. The van der Waals surface area contributed by atoms with Gasteiger partial charge in [-0.3, -0.25) is 4.90 Å². The van der Waals surface area contributed by atoms with E-state index in [9.17, 15) is 0 Å². The molecule has 3 rings (SSSR count). The number of hydrogen-bond donors (Lipinski definition) is 0. The van der Waals surface area contributed by atoms with Crippen molar-refractivity contribution in [1.29, 1.82) is 0 Å². The molecule has 5 heteroatoms. The fourth-order valence-corrected chi connectivity index (χ4v) is 3.95. The monoisotopic (exact) mass is 320 g/mol. The molecule has 5 nitrogen and oxygen atoms in total. The number of nitrogens with zero attached hydrogens (tertiary/aromatic N) is 4. The first-order valence-corrected chi connectivity index (χ1v) is 9.44. The van der Waals surface area contributed by atoms with Crippen LogP contribution in [0, 0.1) is 5.92 Å². The van der Waals surface area contributed by atoms with Gasteiger partial charge in [-0.2, -0.15) is 0 Å². The Kier molecular flexibility index (Phi) is 5.70. The highest BCUT2D eigenvalue weighted by Crippen LogP contribution is 2.27. The van der Waals surface area contributed by atoms with Gasteiger partial charge in [0.25, 0.3) is 0 Å². The molecule has 23 heavy (non-hydrogen) atoms. The van der Waals surface area contributed by atoms with Crippen molar-refractivity contribution in [1.82, 2.24) is 20.0 Å². The summed E-state index contributed by atoms with van der Waals surface area (Å²) in [7, 11) is 0. The number of piperidine rings is 2. The maximum atomic E-state index is 5.88. The van der Waals surface area contributed by atoms with Crippen LogP contribution in [0.25, 0.3) is 0 Å². The van der Waals surface area contributed by atoms with Crippen LogP contribution < -0.4 is 0 Å². The summed E-state index contributed by atoms with van der Waals surface area (Å²) >= 11 is 0. The third-order valence-corrected chi connectivity index (χ3v) is 5.38. The summed E-state index contributed by atoms with van der Waals surface area (Å²) in [5.41, 5.74) is 0. The SMILES string of the molecule is CC(C)Cc1nnc([C@H](C)N2CCC(N3CCCCC3)CC2)o1. The third-order valence-electron chi connectivity index (χ3n) is 5.38. The molecule has 0 amide bonds. The Balaban J connectivity index is 1.51. The predicted octanol–water partition coefficient (Wildman–Crippen LogP) is 3.28. The number of rotatable bonds is 5. The highest BCUT2D eigenvalue weighted by atomic mass is 16.4. The maximum Gasteiger partial charge on any atom is 0.233 e. The van der Waals surface area contributed by atoms with E-state index in [1.807, 2.05) is 0 Å². The summed E-state index contributed by atoms with van der Waals surface area (Å²) in [6.45, 7) is 11.5. The molecule has 2 saturated heterocycles. The van der Waals surface area contributed by atoms with Crippen LogP contribution in [0.2, 0.25) is 0 Å². The van der Waals surface area contributed by atoms with Gasteiger partial charge in [0.2, 0.25) is 11.8 Å². The van der Waals surface area contributed by atoms with Gasteiger partial charge in [0.05, 0.1) is 6.04 Å². The Bertz CT molecular complexity index is 473. The van der Waals surface area contributed by atoms with E-state index in [0.29, 0.717) is 5.92 Å². The van der Waals surface area contributed by atoms with Gasteiger partial charge in [-0.15, -0.1) is 10.2 Å².